The monoisotopic (exact) mass is 398 g/mol. The van der Waals surface area contributed by atoms with Gasteiger partial charge in [-0.25, -0.2) is 0 Å². The minimum atomic E-state index is -3.67. The summed E-state index contributed by atoms with van der Waals surface area (Å²) in [6.45, 7) is 0.584. The zero-order valence-electron chi connectivity index (χ0n) is 15.3. The van der Waals surface area contributed by atoms with E-state index in [-0.39, 0.29) is 22.7 Å². The van der Waals surface area contributed by atoms with Gasteiger partial charge >= 0.3 is 0 Å². The summed E-state index contributed by atoms with van der Waals surface area (Å²) in [6.07, 6.45) is 3.10. The fourth-order valence-electron chi connectivity index (χ4n) is 3.80. The number of anilines is 1. The van der Waals surface area contributed by atoms with Crippen molar-refractivity contribution in [2.24, 2.45) is 16.0 Å². The van der Waals surface area contributed by atoms with E-state index >= 15 is 0 Å². The smallest absolute Gasteiger partial charge is 0.285 e. The molecule has 28 heavy (non-hydrogen) atoms. The number of benzene rings is 2. The number of hydrogen-bond acceptors (Lipinski definition) is 5. The molecule has 0 bridgehead atoms. The lowest BCUT2D eigenvalue weighted by molar-refractivity contribution is 0.0929. The van der Waals surface area contributed by atoms with Gasteiger partial charge in [0.2, 0.25) is 0 Å². The van der Waals surface area contributed by atoms with Gasteiger partial charge in [0.1, 0.15) is 4.90 Å². The number of amides is 1. The third kappa shape index (κ3) is 3.53. The lowest BCUT2D eigenvalue weighted by Crippen LogP contribution is -2.39. The SMILES string of the molecule is NCC1CCCC1NC(=O)c1ccc(NC2=NS(=O)(=O)c3ccccc32)cc1. The topological polar surface area (TPSA) is 114 Å². The van der Waals surface area contributed by atoms with E-state index < -0.39 is 10.0 Å². The van der Waals surface area contributed by atoms with Crippen molar-refractivity contribution in [2.45, 2.75) is 30.2 Å². The van der Waals surface area contributed by atoms with Gasteiger partial charge in [0.25, 0.3) is 15.9 Å². The van der Waals surface area contributed by atoms with Crippen molar-refractivity contribution < 1.29 is 13.2 Å². The second kappa shape index (κ2) is 7.37. The predicted molar refractivity (Wildman–Crippen MR) is 108 cm³/mol. The van der Waals surface area contributed by atoms with Gasteiger partial charge in [0.05, 0.1) is 0 Å². The molecule has 1 fully saturated rings. The molecule has 0 aromatic heterocycles. The fourth-order valence-corrected chi connectivity index (χ4v) is 4.97. The van der Waals surface area contributed by atoms with Crippen LogP contribution in [-0.2, 0) is 10.0 Å². The van der Waals surface area contributed by atoms with Crippen molar-refractivity contribution in [3.05, 3.63) is 59.7 Å². The summed E-state index contributed by atoms with van der Waals surface area (Å²) in [5, 5.41) is 6.10. The summed E-state index contributed by atoms with van der Waals surface area (Å²) in [5.74, 6) is 0.500. The van der Waals surface area contributed by atoms with Gasteiger partial charge in [-0.05, 0) is 61.7 Å². The van der Waals surface area contributed by atoms with E-state index in [2.05, 4.69) is 15.0 Å². The number of nitrogens with zero attached hydrogens (tertiary/aromatic N) is 1. The maximum atomic E-state index is 12.5. The maximum absolute atomic E-state index is 12.5. The van der Waals surface area contributed by atoms with Crippen molar-refractivity contribution in [3.63, 3.8) is 0 Å². The van der Waals surface area contributed by atoms with Gasteiger partial charge in [0.15, 0.2) is 5.84 Å². The first-order valence-electron chi connectivity index (χ1n) is 9.30. The number of rotatable bonds is 4. The molecule has 0 saturated heterocycles. The van der Waals surface area contributed by atoms with Crippen LogP contribution in [0.15, 0.2) is 57.8 Å². The summed E-state index contributed by atoms with van der Waals surface area (Å²) in [6, 6.07) is 13.7. The van der Waals surface area contributed by atoms with Crippen molar-refractivity contribution in [1.29, 1.82) is 0 Å². The zero-order valence-corrected chi connectivity index (χ0v) is 16.1. The van der Waals surface area contributed by atoms with E-state index in [4.69, 9.17) is 5.73 Å². The first-order valence-corrected chi connectivity index (χ1v) is 10.7. The first-order chi connectivity index (χ1) is 13.5. The molecule has 4 N–H and O–H groups in total. The molecule has 2 aromatic carbocycles. The molecule has 2 unspecified atom stereocenters. The van der Waals surface area contributed by atoms with Gasteiger partial charge in [0, 0.05) is 22.9 Å². The van der Waals surface area contributed by atoms with Gasteiger partial charge in [-0.2, -0.15) is 8.42 Å². The molecule has 146 valence electrons. The Labute approximate surface area is 164 Å². The molecule has 1 heterocycles. The Hall–Kier alpha value is -2.71. The van der Waals surface area contributed by atoms with Gasteiger partial charge < -0.3 is 16.4 Å². The first kappa shape index (κ1) is 18.6. The van der Waals surface area contributed by atoms with Crippen LogP contribution in [0.4, 0.5) is 5.69 Å². The number of amidine groups is 1. The van der Waals surface area contributed by atoms with E-state index in [0.29, 0.717) is 29.3 Å². The Morgan fingerprint density at radius 3 is 2.61 bits per heavy atom. The number of carbonyl (C=O) groups is 1. The van der Waals surface area contributed by atoms with E-state index in [1.807, 2.05) is 0 Å². The highest BCUT2D eigenvalue weighted by Gasteiger charge is 2.29. The summed E-state index contributed by atoms with van der Waals surface area (Å²) >= 11 is 0. The molecule has 1 aliphatic heterocycles. The molecule has 4 rings (SSSR count). The Morgan fingerprint density at radius 1 is 1.11 bits per heavy atom. The largest absolute Gasteiger partial charge is 0.349 e. The maximum Gasteiger partial charge on any atom is 0.285 e. The van der Waals surface area contributed by atoms with Crippen LogP contribution in [0.25, 0.3) is 0 Å². The lowest BCUT2D eigenvalue weighted by Gasteiger charge is -2.19. The molecule has 0 radical (unpaired) electrons. The average molecular weight is 398 g/mol. The molecule has 2 aliphatic rings. The number of nitrogens with one attached hydrogen (secondary N) is 2. The van der Waals surface area contributed by atoms with Gasteiger partial charge in [-0.1, -0.05) is 18.6 Å². The third-order valence-corrected chi connectivity index (χ3v) is 6.65. The molecule has 2 aromatic rings. The van der Waals surface area contributed by atoms with Crippen LogP contribution in [0.1, 0.15) is 35.2 Å². The normalized spacial score (nSPS) is 22.4. The number of fused-ring (bicyclic) bond motifs is 1. The van der Waals surface area contributed by atoms with Crippen LogP contribution in [0.3, 0.4) is 0 Å². The number of sulfonamides is 1. The quantitative estimate of drug-likeness (QED) is 0.730. The Morgan fingerprint density at radius 2 is 1.86 bits per heavy atom. The molecule has 7 nitrogen and oxygen atoms in total. The van der Waals surface area contributed by atoms with Crippen LogP contribution in [0.5, 0.6) is 0 Å². The number of nitrogens with two attached hydrogens (primary N) is 1. The van der Waals surface area contributed by atoms with Gasteiger partial charge in [-0.3, -0.25) is 4.79 Å². The second-order valence-electron chi connectivity index (χ2n) is 7.12. The highest BCUT2D eigenvalue weighted by Crippen LogP contribution is 2.27. The highest BCUT2D eigenvalue weighted by atomic mass is 32.2. The highest BCUT2D eigenvalue weighted by molar-refractivity contribution is 7.90. The zero-order chi connectivity index (χ0) is 19.7. The Balaban J connectivity index is 1.46. The summed E-state index contributed by atoms with van der Waals surface area (Å²) in [7, 11) is -3.67. The van der Waals surface area contributed by atoms with E-state index in [1.165, 1.54) is 6.07 Å². The molecule has 1 saturated carbocycles. The molecule has 2 atom stereocenters. The van der Waals surface area contributed by atoms with Crippen LogP contribution in [-0.4, -0.2) is 32.7 Å². The average Bonchev–Trinajstić information content (AvgIpc) is 3.24. The number of hydrogen-bond donors (Lipinski definition) is 3. The van der Waals surface area contributed by atoms with Crippen LogP contribution in [0.2, 0.25) is 0 Å². The predicted octanol–water partition coefficient (Wildman–Crippen LogP) is 2.10. The van der Waals surface area contributed by atoms with Crippen molar-refractivity contribution in [2.75, 3.05) is 11.9 Å². The fraction of sp³-hybridized carbons (Fsp3) is 0.300. The van der Waals surface area contributed by atoms with Crippen molar-refractivity contribution in [3.8, 4) is 0 Å². The number of carbonyl (C=O) groups excluding carboxylic acids is 1. The standard InChI is InChI=1S/C20H22N4O3S/c21-12-14-4-3-6-17(14)23-20(25)13-8-10-15(11-9-13)22-19-16-5-1-2-7-18(16)28(26,27)24-19/h1-2,5,7-11,14,17H,3-4,6,12,21H2,(H,22,24)(H,23,25). The minimum Gasteiger partial charge on any atom is -0.349 e. The summed E-state index contributed by atoms with van der Waals surface area (Å²) < 4.78 is 28.1. The minimum absolute atomic E-state index is 0.122. The third-order valence-electron chi connectivity index (χ3n) is 5.32. The second-order valence-corrected chi connectivity index (χ2v) is 8.69. The van der Waals surface area contributed by atoms with Gasteiger partial charge in [-0.15, -0.1) is 4.40 Å². The van der Waals surface area contributed by atoms with Crippen molar-refractivity contribution >= 4 is 27.5 Å². The molecule has 8 heteroatoms. The van der Waals surface area contributed by atoms with Crippen LogP contribution in [0, 0.1) is 5.92 Å². The Kier molecular flexibility index (Phi) is 4.91. The summed E-state index contributed by atoms with van der Waals surface area (Å²) in [5.41, 5.74) is 7.52. The molecular weight excluding hydrogens is 376 g/mol. The van der Waals surface area contributed by atoms with Crippen LogP contribution < -0.4 is 16.4 Å². The van der Waals surface area contributed by atoms with E-state index in [0.717, 1.165) is 19.3 Å². The molecule has 1 aliphatic carbocycles. The molecule has 0 spiro atoms. The van der Waals surface area contributed by atoms with Crippen molar-refractivity contribution in [1.82, 2.24) is 5.32 Å². The van der Waals surface area contributed by atoms with E-state index in [1.54, 1.807) is 42.5 Å². The molecule has 1 amide bonds. The van der Waals surface area contributed by atoms with E-state index in [9.17, 15) is 13.2 Å². The summed E-state index contributed by atoms with van der Waals surface area (Å²) in [4.78, 5) is 12.7. The molecular formula is C20H22N4O3S. The van der Waals surface area contributed by atoms with Crippen LogP contribution >= 0.6 is 0 Å². The lowest BCUT2D eigenvalue weighted by atomic mass is 10.0. The Bertz CT molecular complexity index is 1030.